The van der Waals surface area contributed by atoms with Crippen molar-refractivity contribution in [2.75, 3.05) is 6.54 Å². The number of benzene rings is 1. The Morgan fingerprint density at radius 2 is 1.84 bits per heavy atom. The van der Waals surface area contributed by atoms with Gasteiger partial charge in [-0.2, -0.15) is 5.10 Å². The minimum atomic E-state index is -0.361. The maximum absolute atomic E-state index is 13.7. The molecule has 200 valence electrons. The number of nitrogens with zero attached hydrogens (tertiary/aromatic N) is 5. The van der Waals surface area contributed by atoms with Gasteiger partial charge in [-0.3, -0.25) is 19.1 Å². The summed E-state index contributed by atoms with van der Waals surface area (Å²) < 4.78 is 1.61. The van der Waals surface area contributed by atoms with Crippen molar-refractivity contribution in [3.8, 4) is 11.1 Å². The minimum absolute atomic E-state index is 0.0192. The molecule has 1 aliphatic heterocycles. The highest BCUT2D eigenvalue weighted by atomic mass is 16.2. The smallest absolute Gasteiger partial charge is 0.272 e. The molecule has 1 saturated heterocycles. The summed E-state index contributed by atoms with van der Waals surface area (Å²) >= 11 is 0. The van der Waals surface area contributed by atoms with Crippen LogP contribution in [0.2, 0.25) is 0 Å². The van der Waals surface area contributed by atoms with Crippen molar-refractivity contribution in [1.82, 2.24) is 30.0 Å². The molecule has 1 aromatic carbocycles. The number of aromatic nitrogens is 4. The van der Waals surface area contributed by atoms with Gasteiger partial charge in [-0.15, -0.1) is 0 Å². The molecule has 3 heterocycles. The number of fused-ring (bicyclic) bond motifs is 2. The van der Waals surface area contributed by atoms with Gasteiger partial charge in [0.2, 0.25) is 5.91 Å². The fraction of sp³-hybridized carbons (Fsp3) is 0.517. The lowest BCUT2D eigenvalue weighted by Gasteiger charge is -2.27. The molecule has 9 heteroatoms. The molecular formula is C29H36N6O3. The molecule has 2 amide bonds. The first kappa shape index (κ1) is 26.0. The fourth-order valence-corrected chi connectivity index (χ4v) is 5.65. The number of likely N-dealkylation sites (tertiary alicyclic amines) is 1. The van der Waals surface area contributed by atoms with Gasteiger partial charge in [-0.1, -0.05) is 33.3 Å². The molecule has 3 atom stereocenters. The first-order chi connectivity index (χ1) is 18.3. The van der Waals surface area contributed by atoms with Crippen LogP contribution >= 0.6 is 0 Å². The second-order valence-corrected chi connectivity index (χ2v) is 11.0. The zero-order chi connectivity index (χ0) is 27.0. The maximum atomic E-state index is 13.7. The van der Waals surface area contributed by atoms with E-state index in [0.717, 1.165) is 43.2 Å². The summed E-state index contributed by atoms with van der Waals surface area (Å²) in [6.07, 6.45) is 8.28. The Kier molecular flexibility index (Phi) is 7.03. The van der Waals surface area contributed by atoms with Gasteiger partial charge in [0.15, 0.2) is 11.5 Å². The molecule has 2 aliphatic rings. The van der Waals surface area contributed by atoms with Crippen molar-refractivity contribution in [2.45, 2.75) is 84.8 Å². The largest absolute Gasteiger partial charge is 0.351 e. The number of hydrogen-bond donors (Lipinski definition) is 1. The third-order valence-electron chi connectivity index (χ3n) is 7.97. The summed E-state index contributed by atoms with van der Waals surface area (Å²) in [6, 6.07) is 5.46. The third-order valence-corrected chi connectivity index (χ3v) is 7.97. The molecule has 2 fully saturated rings. The summed E-state index contributed by atoms with van der Waals surface area (Å²) in [6.45, 7) is 8.57. The zero-order valence-electron chi connectivity index (χ0n) is 22.7. The number of carbonyl (C=O) groups excluding carboxylic acids is 3. The average Bonchev–Trinajstić information content (AvgIpc) is 3.28. The van der Waals surface area contributed by atoms with Gasteiger partial charge in [-0.05, 0) is 55.7 Å². The summed E-state index contributed by atoms with van der Waals surface area (Å²) in [4.78, 5) is 50.1. The highest BCUT2D eigenvalue weighted by molar-refractivity contribution is 6.06. The first-order valence-corrected chi connectivity index (χ1v) is 13.7. The number of unbranched alkanes of at least 4 members (excludes halogenated alkanes) is 1. The van der Waals surface area contributed by atoms with Crippen LogP contribution in [0.5, 0.6) is 0 Å². The topological polar surface area (TPSA) is 110 Å². The average molecular weight is 517 g/mol. The number of nitrogens with one attached hydrogen (secondary N) is 1. The van der Waals surface area contributed by atoms with Crippen LogP contribution in [0.4, 0.5) is 0 Å². The molecule has 0 radical (unpaired) electrons. The molecular weight excluding hydrogens is 480 g/mol. The van der Waals surface area contributed by atoms with E-state index in [4.69, 9.17) is 0 Å². The third kappa shape index (κ3) is 4.81. The van der Waals surface area contributed by atoms with E-state index in [1.54, 1.807) is 17.1 Å². The van der Waals surface area contributed by atoms with Crippen LogP contribution in [0.15, 0.2) is 30.6 Å². The Morgan fingerprint density at radius 3 is 2.55 bits per heavy atom. The van der Waals surface area contributed by atoms with E-state index in [1.807, 2.05) is 36.9 Å². The van der Waals surface area contributed by atoms with Gasteiger partial charge >= 0.3 is 0 Å². The van der Waals surface area contributed by atoms with Crippen LogP contribution < -0.4 is 5.32 Å². The number of aryl methyl sites for hydroxylation is 1. The van der Waals surface area contributed by atoms with Gasteiger partial charge < -0.3 is 10.2 Å². The van der Waals surface area contributed by atoms with E-state index in [0.29, 0.717) is 29.7 Å². The maximum Gasteiger partial charge on any atom is 0.272 e. The Balaban J connectivity index is 1.47. The van der Waals surface area contributed by atoms with Crippen LogP contribution in [-0.2, 0) is 16.1 Å². The highest BCUT2D eigenvalue weighted by Gasteiger charge is 2.64. The molecule has 0 spiro atoms. The lowest BCUT2D eigenvalue weighted by Crippen LogP contribution is -2.44. The SMILES string of the molecule is CCCCC(=O)[C@@H]1C[C@@]2(C)C[C@H]2N1C(=O)Cn1nc(C(=O)NCCC)c2cc(-c3cnc(C)nc3)ccc21. The molecule has 0 bridgehead atoms. The molecule has 1 aliphatic carbocycles. The normalized spacial score (nSPS) is 21.9. The van der Waals surface area contributed by atoms with Crippen LogP contribution in [0, 0.1) is 12.3 Å². The molecule has 0 unspecified atom stereocenters. The van der Waals surface area contributed by atoms with E-state index in [9.17, 15) is 14.4 Å². The monoisotopic (exact) mass is 516 g/mol. The molecule has 9 nitrogen and oxygen atoms in total. The molecule has 1 saturated carbocycles. The van der Waals surface area contributed by atoms with Gasteiger partial charge in [0.1, 0.15) is 12.4 Å². The Labute approximate surface area is 223 Å². The van der Waals surface area contributed by atoms with Gasteiger partial charge in [-0.25, -0.2) is 9.97 Å². The number of amides is 2. The number of Topliss-reactive ketones (excluding diaryl/α,β-unsaturated/α-hetero) is 1. The van der Waals surface area contributed by atoms with Crippen molar-refractivity contribution in [1.29, 1.82) is 0 Å². The number of rotatable bonds is 10. The van der Waals surface area contributed by atoms with Crippen molar-refractivity contribution >= 4 is 28.5 Å². The van der Waals surface area contributed by atoms with E-state index in [1.165, 1.54) is 0 Å². The predicted octanol–water partition coefficient (Wildman–Crippen LogP) is 4.08. The van der Waals surface area contributed by atoms with Gasteiger partial charge in [0.05, 0.1) is 11.6 Å². The van der Waals surface area contributed by atoms with E-state index < -0.39 is 0 Å². The van der Waals surface area contributed by atoms with E-state index in [-0.39, 0.29) is 47.3 Å². The number of ketones is 1. The van der Waals surface area contributed by atoms with Crippen LogP contribution in [0.25, 0.3) is 22.0 Å². The number of hydrogen-bond acceptors (Lipinski definition) is 6. The van der Waals surface area contributed by atoms with Crippen LogP contribution in [0.1, 0.15) is 75.6 Å². The number of piperidine rings is 1. The fourth-order valence-electron chi connectivity index (χ4n) is 5.65. The van der Waals surface area contributed by atoms with Crippen molar-refractivity contribution < 1.29 is 14.4 Å². The zero-order valence-corrected chi connectivity index (χ0v) is 22.7. The Bertz CT molecular complexity index is 1380. The summed E-state index contributed by atoms with van der Waals surface area (Å²) in [5.74, 6) is 0.445. The van der Waals surface area contributed by atoms with Crippen molar-refractivity contribution in [3.63, 3.8) is 0 Å². The van der Waals surface area contributed by atoms with E-state index >= 15 is 0 Å². The first-order valence-electron chi connectivity index (χ1n) is 13.7. The molecule has 5 rings (SSSR count). The molecule has 2 aromatic heterocycles. The highest BCUT2D eigenvalue weighted by Crippen LogP contribution is 2.59. The quantitative estimate of drug-likeness (QED) is 0.435. The molecule has 38 heavy (non-hydrogen) atoms. The van der Waals surface area contributed by atoms with Crippen molar-refractivity contribution in [3.05, 3.63) is 42.1 Å². The second-order valence-electron chi connectivity index (χ2n) is 11.0. The van der Waals surface area contributed by atoms with Crippen LogP contribution in [0.3, 0.4) is 0 Å². The second kappa shape index (κ2) is 10.3. The van der Waals surface area contributed by atoms with Gasteiger partial charge in [0.25, 0.3) is 5.91 Å². The van der Waals surface area contributed by atoms with E-state index in [2.05, 4.69) is 34.2 Å². The van der Waals surface area contributed by atoms with Gasteiger partial charge in [0, 0.05) is 42.4 Å². The summed E-state index contributed by atoms with van der Waals surface area (Å²) in [7, 11) is 0. The summed E-state index contributed by atoms with van der Waals surface area (Å²) in [5, 5.41) is 8.19. The minimum Gasteiger partial charge on any atom is -0.351 e. The lowest BCUT2D eigenvalue weighted by molar-refractivity contribution is -0.139. The molecule has 3 aromatic rings. The number of carbonyl (C=O) groups is 3. The van der Waals surface area contributed by atoms with Crippen LogP contribution in [-0.4, -0.2) is 60.9 Å². The Hall–Kier alpha value is -3.62. The lowest BCUT2D eigenvalue weighted by atomic mass is 9.97. The summed E-state index contributed by atoms with van der Waals surface area (Å²) in [5.41, 5.74) is 2.71. The Morgan fingerprint density at radius 1 is 1.08 bits per heavy atom. The predicted molar refractivity (Wildman–Crippen MR) is 144 cm³/mol. The molecule has 1 N–H and O–H groups in total. The standard InChI is InChI=1S/C29H36N6O3/c1-5-7-8-24(36)23-13-29(4)14-25(29)35(23)26(37)17-34-22-10-9-19(20-15-31-18(3)32-16-20)12-21(22)27(33-34)28(38)30-11-6-2/h9-10,12,15-16,23,25H,5-8,11,13-14,17H2,1-4H3,(H,30,38)/t23-,25+,29-/m0/s1. The van der Waals surface area contributed by atoms with Crippen molar-refractivity contribution in [2.24, 2.45) is 5.41 Å².